The Labute approximate surface area is 177 Å². The van der Waals surface area contributed by atoms with Gasteiger partial charge in [-0.3, -0.25) is 4.79 Å². The van der Waals surface area contributed by atoms with E-state index >= 15 is 0 Å². The fraction of sp³-hybridized carbons (Fsp3) is 0.138. The van der Waals surface area contributed by atoms with E-state index in [4.69, 9.17) is 0 Å². The lowest BCUT2D eigenvalue weighted by Gasteiger charge is -2.54. The van der Waals surface area contributed by atoms with Crippen LogP contribution in [-0.4, -0.2) is 5.78 Å². The summed E-state index contributed by atoms with van der Waals surface area (Å²) in [4.78, 5) is 13.2. The first-order chi connectivity index (χ1) is 14.6. The smallest absolute Gasteiger partial charge is 0.193 e. The minimum atomic E-state index is -0.271. The van der Waals surface area contributed by atoms with E-state index in [0.29, 0.717) is 0 Å². The highest BCUT2D eigenvalue weighted by Gasteiger charge is 2.54. The summed E-state index contributed by atoms with van der Waals surface area (Å²) in [5.74, 6) is 0.0789. The Balaban J connectivity index is 1.65. The van der Waals surface area contributed by atoms with Crippen molar-refractivity contribution in [1.29, 1.82) is 0 Å². The predicted octanol–water partition coefficient (Wildman–Crippen LogP) is 6.25. The van der Waals surface area contributed by atoms with Gasteiger partial charge in [-0.05, 0) is 53.3 Å². The van der Waals surface area contributed by atoms with Crippen LogP contribution in [0.2, 0.25) is 0 Å². The zero-order valence-electron chi connectivity index (χ0n) is 17.1. The zero-order valence-corrected chi connectivity index (χ0v) is 17.1. The third kappa shape index (κ3) is 1.95. The van der Waals surface area contributed by atoms with Gasteiger partial charge in [-0.15, -0.1) is 0 Å². The second-order valence-electron chi connectivity index (χ2n) is 8.80. The highest BCUT2D eigenvalue weighted by Crippen LogP contribution is 2.61. The molecule has 0 fully saturated rings. The average molecular weight is 386 g/mol. The summed E-state index contributed by atoms with van der Waals surface area (Å²) < 4.78 is 0. The van der Waals surface area contributed by atoms with Crippen LogP contribution in [0.4, 0.5) is 0 Å². The molecule has 0 amide bonds. The van der Waals surface area contributed by atoms with Crippen molar-refractivity contribution in [3.63, 3.8) is 0 Å². The van der Waals surface area contributed by atoms with E-state index in [0.717, 1.165) is 11.1 Å². The molecule has 1 heteroatoms. The summed E-state index contributed by atoms with van der Waals surface area (Å²) in [6, 6.07) is 33.5. The maximum absolute atomic E-state index is 13.2. The van der Waals surface area contributed by atoms with Crippen LogP contribution in [0.5, 0.6) is 0 Å². The Morgan fingerprint density at radius 3 is 1.47 bits per heavy atom. The summed E-state index contributed by atoms with van der Waals surface area (Å²) in [6.45, 7) is 4.65. The SMILES string of the molecule is CC12c3ccccc3C(C)(c3ccccc31)c1cc(C(=O)c3ccccc3)ccc12. The number of hydrogen-bond donors (Lipinski definition) is 0. The number of ketones is 1. The summed E-state index contributed by atoms with van der Waals surface area (Å²) in [7, 11) is 0. The van der Waals surface area contributed by atoms with Crippen molar-refractivity contribution in [3.8, 4) is 0 Å². The molecule has 0 saturated heterocycles. The van der Waals surface area contributed by atoms with Gasteiger partial charge in [0, 0.05) is 22.0 Å². The number of carbonyl (C=O) groups is 1. The van der Waals surface area contributed by atoms with Crippen LogP contribution in [0, 0.1) is 0 Å². The minimum Gasteiger partial charge on any atom is -0.289 e. The van der Waals surface area contributed by atoms with Crippen LogP contribution >= 0.6 is 0 Å². The first-order valence-corrected chi connectivity index (χ1v) is 10.5. The summed E-state index contributed by atoms with van der Waals surface area (Å²) >= 11 is 0. The van der Waals surface area contributed by atoms with Crippen molar-refractivity contribution in [3.05, 3.63) is 142 Å². The van der Waals surface area contributed by atoms with Crippen molar-refractivity contribution in [2.75, 3.05) is 0 Å². The number of carbonyl (C=O) groups excluding carboxylic acids is 1. The van der Waals surface area contributed by atoms with E-state index in [2.05, 4.69) is 74.5 Å². The Hall–Kier alpha value is -3.45. The van der Waals surface area contributed by atoms with E-state index in [-0.39, 0.29) is 16.6 Å². The van der Waals surface area contributed by atoms with Crippen LogP contribution in [-0.2, 0) is 10.8 Å². The van der Waals surface area contributed by atoms with Gasteiger partial charge in [0.1, 0.15) is 0 Å². The molecule has 144 valence electrons. The second-order valence-corrected chi connectivity index (χ2v) is 8.80. The summed E-state index contributed by atoms with van der Waals surface area (Å²) in [5.41, 5.74) is 9.02. The van der Waals surface area contributed by atoms with Gasteiger partial charge in [0.25, 0.3) is 0 Å². The maximum Gasteiger partial charge on any atom is 0.193 e. The van der Waals surface area contributed by atoms with Crippen molar-refractivity contribution in [2.45, 2.75) is 24.7 Å². The van der Waals surface area contributed by atoms with E-state index in [1.807, 2.05) is 36.4 Å². The average Bonchev–Trinajstić information content (AvgIpc) is 2.82. The molecule has 30 heavy (non-hydrogen) atoms. The van der Waals surface area contributed by atoms with E-state index in [9.17, 15) is 4.79 Å². The molecule has 1 nitrogen and oxygen atoms in total. The highest BCUT2D eigenvalue weighted by atomic mass is 16.1. The lowest BCUT2D eigenvalue weighted by molar-refractivity contribution is 0.103. The standard InChI is InChI=1S/C29H22O/c1-28-21-12-6-8-14-23(21)29(2,24-15-9-7-13-22(24)28)26-18-20(16-17-25(26)28)27(30)19-10-4-3-5-11-19/h3-18H,1-2H3. The largest absolute Gasteiger partial charge is 0.289 e. The molecular formula is C29H22O. The maximum atomic E-state index is 13.2. The molecule has 4 aromatic rings. The zero-order chi connectivity index (χ0) is 20.5. The van der Waals surface area contributed by atoms with Gasteiger partial charge in [-0.25, -0.2) is 0 Å². The third-order valence-electron chi connectivity index (χ3n) is 7.40. The van der Waals surface area contributed by atoms with Crippen molar-refractivity contribution < 1.29 is 4.79 Å². The van der Waals surface area contributed by atoms with Crippen LogP contribution in [0.3, 0.4) is 0 Å². The molecule has 3 aliphatic rings. The van der Waals surface area contributed by atoms with E-state index < -0.39 is 0 Å². The number of rotatable bonds is 2. The molecule has 4 aromatic carbocycles. The van der Waals surface area contributed by atoms with Gasteiger partial charge < -0.3 is 0 Å². The first kappa shape index (κ1) is 17.4. The topological polar surface area (TPSA) is 17.1 Å². The highest BCUT2D eigenvalue weighted by molar-refractivity contribution is 6.09. The number of benzene rings is 4. The molecule has 0 saturated carbocycles. The lowest BCUT2D eigenvalue weighted by atomic mass is 9.48. The monoisotopic (exact) mass is 386 g/mol. The molecule has 0 heterocycles. The van der Waals surface area contributed by atoms with Gasteiger partial charge in [0.2, 0.25) is 0 Å². The molecule has 0 spiro atoms. The molecule has 3 aliphatic carbocycles. The Morgan fingerprint density at radius 1 is 0.500 bits per heavy atom. The van der Waals surface area contributed by atoms with Crippen molar-refractivity contribution >= 4 is 5.78 Å². The molecule has 0 N–H and O–H groups in total. The molecule has 0 radical (unpaired) electrons. The summed E-state index contributed by atoms with van der Waals surface area (Å²) in [5, 5.41) is 0. The van der Waals surface area contributed by atoms with E-state index in [1.54, 1.807) is 0 Å². The second kappa shape index (κ2) is 5.79. The molecule has 7 rings (SSSR count). The molecular weight excluding hydrogens is 364 g/mol. The molecule has 0 unspecified atom stereocenters. The van der Waals surface area contributed by atoms with Gasteiger partial charge in [-0.1, -0.05) is 91.0 Å². The third-order valence-corrected chi connectivity index (χ3v) is 7.40. The molecule has 0 aromatic heterocycles. The normalized spacial score (nSPS) is 22.7. The van der Waals surface area contributed by atoms with Gasteiger partial charge in [-0.2, -0.15) is 0 Å². The fourth-order valence-electron chi connectivity index (χ4n) is 5.87. The van der Waals surface area contributed by atoms with Crippen LogP contribution in [0.25, 0.3) is 0 Å². The Morgan fingerprint density at radius 2 is 0.933 bits per heavy atom. The lowest BCUT2D eigenvalue weighted by Crippen LogP contribution is -2.48. The Bertz CT molecular complexity index is 1280. The van der Waals surface area contributed by atoms with E-state index in [1.165, 1.54) is 33.4 Å². The quantitative estimate of drug-likeness (QED) is 0.372. The van der Waals surface area contributed by atoms with Crippen LogP contribution in [0.1, 0.15) is 63.1 Å². The molecule has 2 bridgehead atoms. The fourth-order valence-corrected chi connectivity index (χ4v) is 5.87. The number of hydrogen-bond acceptors (Lipinski definition) is 1. The van der Waals surface area contributed by atoms with Gasteiger partial charge in [0.15, 0.2) is 5.78 Å². The molecule has 0 aliphatic heterocycles. The first-order valence-electron chi connectivity index (χ1n) is 10.5. The van der Waals surface area contributed by atoms with Gasteiger partial charge in [0.05, 0.1) is 0 Å². The van der Waals surface area contributed by atoms with Crippen LogP contribution in [0.15, 0.2) is 97.1 Å². The summed E-state index contributed by atoms with van der Waals surface area (Å²) in [6.07, 6.45) is 0. The molecule has 0 atom stereocenters. The Kier molecular flexibility index (Phi) is 3.36. The van der Waals surface area contributed by atoms with Crippen molar-refractivity contribution in [2.24, 2.45) is 0 Å². The van der Waals surface area contributed by atoms with Gasteiger partial charge >= 0.3 is 0 Å². The van der Waals surface area contributed by atoms with Crippen LogP contribution < -0.4 is 0 Å². The van der Waals surface area contributed by atoms with Crippen molar-refractivity contribution in [1.82, 2.24) is 0 Å². The minimum absolute atomic E-state index is 0.0789. The predicted molar refractivity (Wildman–Crippen MR) is 120 cm³/mol.